The number of carboxylic acids is 1. The Balaban J connectivity index is 2.06. The van der Waals surface area contributed by atoms with Crippen LogP contribution < -0.4 is 4.90 Å². The predicted molar refractivity (Wildman–Crippen MR) is 64.3 cm³/mol. The number of aromatic nitrogens is 2. The van der Waals surface area contributed by atoms with Gasteiger partial charge in [-0.25, -0.2) is 14.8 Å². The molecular formula is C12H11F4N3O2. The Morgan fingerprint density at radius 2 is 1.71 bits per heavy atom. The summed E-state index contributed by atoms with van der Waals surface area (Å²) in [5.41, 5.74) is -0.758. The van der Waals surface area contributed by atoms with E-state index < -0.39 is 23.5 Å². The van der Waals surface area contributed by atoms with Crippen LogP contribution in [0.25, 0.3) is 0 Å². The molecule has 0 aromatic carbocycles. The SMILES string of the molecule is O=C(O)C(F)=C1CCN(c2ncc(C(F)(F)F)cn2)CC1. The third-order valence-corrected chi connectivity index (χ3v) is 3.11. The standard InChI is InChI=1S/C12H11F4N3O2/c13-9(10(20)21)7-1-3-19(4-2-7)11-17-5-8(6-18-11)12(14,15)16/h5-6H,1-4H2,(H,20,21). The lowest BCUT2D eigenvalue weighted by Gasteiger charge is -2.28. The molecule has 1 aromatic rings. The molecule has 9 heteroatoms. The van der Waals surface area contributed by atoms with E-state index >= 15 is 0 Å². The van der Waals surface area contributed by atoms with Crippen LogP contribution in [0.5, 0.6) is 0 Å². The van der Waals surface area contributed by atoms with Gasteiger partial charge >= 0.3 is 12.1 Å². The molecule has 5 nitrogen and oxygen atoms in total. The first-order valence-electron chi connectivity index (χ1n) is 6.04. The average Bonchev–Trinajstić information content (AvgIpc) is 2.46. The number of piperidine rings is 1. The van der Waals surface area contributed by atoms with Crippen molar-refractivity contribution >= 4 is 11.9 Å². The Bertz CT molecular complexity index is 559. The van der Waals surface area contributed by atoms with Crippen LogP contribution in [-0.4, -0.2) is 34.1 Å². The van der Waals surface area contributed by atoms with Crippen LogP contribution >= 0.6 is 0 Å². The Kier molecular flexibility index (Phi) is 4.10. The van der Waals surface area contributed by atoms with Gasteiger partial charge in [0.15, 0.2) is 0 Å². The van der Waals surface area contributed by atoms with E-state index in [1.807, 2.05) is 0 Å². The second kappa shape index (κ2) is 5.66. The maximum Gasteiger partial charge on any atom is 0.419 e. The first kappa shape index (κ1) is 15.2. The molecule has 0 aliphatic carbocycles. The number of alkyl halides is 3. The van der Waals surface area contributed by atoms with Crippen molar-refractivity contribution in [3.63, 3.8) is 0 Å². The molecule has 0 bridgehead atoms. The number of hydrogen-bond acceptors (Lipinski definition) is 4. The zero-order valence-corrected chi connectivity index (χ0v) is 10.7. The molecule has 0 atom stereocenters. The summed E-state index contributed by atoms with van der Waals surface area (Å²) in [5.74, 6) is -2.66. The number of hydrogen-bond donors (Lipinski definition) is 1. The van der Waals surface area contributed by atoms with Crippen molar-refractivity contribution in [2.24, 2.45) is 0 Å². The number of nitrogens with zero attached hydrogens (tertiary/aromatic N) is 3. The van der Waals surface area contributed by atoms with Crippen LogP contribution in [0.4, 0.5) is 23.5 Å². The fourth-order valence-corrected chi connectivity index (χ4v) is 1.98. The normalized spacial score (nSPS) is 16.0. The molecule has 1 saturated heterocycles. The van der Waals surface area contributed by atoms with Crippen LogP contribution in [0, 0.1) is 0 Å². The van der Waals surface area contributed by atoms with Crippen LogP contribution in [0.1, 0.15) is 18.4 Å². The van der Waals surface area contributed by atoms with Crippen molar-refractivity contribution in [2.75, 3.05) is 18.0 Å². The van der Waals surface area contributed by atoms with Gasteiger partial charge in [-0.3, -0.25) is 0 Å². The van der Waals surface area contributed by atoms with E-state index in [1.165, 1.54) is 0 Å². The van der Waals surface area contributed by atoms with Crippen LogP contribution in [0.3, 0.4) is 0 Å². The molecule has 2 heterocycles. The highest BCUT2D eigenvalue weighted by Gasteiger charge is 2.31. The minimum atomic E-state index is -4.50. The van der Waals surface area contributed by atoms with E-state index in [0.29, 0.717) is 12.4 Å². The molecule has 1 aliphatic heterocycles. The summed E-state index contributed by atoms with van der Waals surface area (Å²) in [7, 11) is 0. The van der Waals surface area contributed by atoms with Gasteiger partial charge in [-0.15, -0.1) is 0 Å². The van der Waals surface area contributed by atoms with Crippen molar-refractivity contribution in [1.29, 1.82) is 0 Å². The molecule has 0 radical (unpaired) electrons. The third-order valence-electron chi connectivity index (χ3n) is 3.11. The second-order valence-electron chi connectivity index (χ2n) is 4.48. The number of anilines is 1. The second-order valence-corrected chi connectivity index (χ2v) is 4.48. The highest BCUT2D eigenvalue weighted by molar-refractivity contribution is 5.85. The Morgan fingerprint density at radius 1 is 1.19 bits per heavy atom. The first-order valence-corrected chi connectivity index (χ1v) is 6.04. The van der Waals surface area contributed by atoms with Crippen molar-refractivity contribution in [3.8, 4) is 0 Å². The maximum atomic E-state index is 13.2. The summed E-state index contributed by atoms with van der Waals surface area (Å²) >= 11 is 0. The first-order chi connectivity index (χ1) is 9.79. The Hall–Kier alpha value is -2.19. The molecule has 114 valence electrons. The molecule has 0 amide bonds. The van der Waals surface area contributed by atoms with Gasteiger partial charge in [0.05, 0.1) is 5.56 Å². The van der Waals surface area contributed by atoms with E-state index in [2.05, 4.69) is 9.97 Å². The topological polar surface area (TPSA) is 66.3 Å². The monoisotopic (exact) mass is 305 g/mol. The fraction of sp³-hybridized carbons (Fsp3) is 0.417. The van der Waals surface area contributed by atoms with E-state index in [4.69, 9.17) is 5.11 Å². The van der Waals surface area contributed by atoms with E-state index in [9.17, 15) is 22.4 Å². The zero-order chi connectivity index (χ0) is 15.6. The van der Waals surface area contributed by atoms with Gasteiger partial charge in [0.25, 0.3) is 0 Å². The van der Waals surface area contributed by atoms with Crippen LogP contribution in [-0.2, 0) is 11.0 Å². The molecule has 21 heavy (non-hydrogen) atoms. The highest BCUT2D eigenvalue weighted by atomic mass is 19.4. The Labute approximate surface area is 116 Å². The number of halogens is 4. The lowest BCUT2D eigenvalue weighted by molar-refractivity contribution is -0.138. The summed E-state index contributed by atoms with van der Waals surface area (Å²) in [6.45, 7) is 0.503. The van der Waals surface area contributed by atoms with E-state index in [-0.39, 0.29) is 37.5 Å². The van der Waals surface area contributed by atoms with Crippen molar-refractivity contribution < 1.29 is 27.5 Å². The number of carboxylic acid groups (broad SMARTS) is 1. The lowest BCUT2D eigenvalue weighted by Crippen LogP contribution is -2.32. The lowest BCUT2D eigenvalue weighted by atomic mass is 10.0. The number of rotatable bonds is 2. The van der Waals surface area contributed by atoms with Crippen molar-refractivity contribution in [1.82, 2.24) is 9.97 Å². The zero-order valence-electron chi connectivity index (χ0n) is 10.7. The largest absolute Gasteiger partial charge is 0.476 e. The minimum absolute atomic E-state index is 0.109. The molecule has 1 aliphatic rings. The fourth-order valence-electron chi connectivity index (χ4n) is 1.98. The number of aliphatic carboxylic acids is 1. The van der Waals surface area contributed by atoms with Crippen molar-refractivity contribution in [2.45, 2.75) is 19.0 Å². The molecule has 2 rings (SSSR count). The summed E-state index contributed by atoms with van der Waals surface area (Å²) in [6.07, 6.45) is -2.79. The third kappa shape index (κ3) is 3.47. The molecule has 0 unspecified atom stereocenters. The summed E-state index contributed by atoms with van der Waals surface area (Å²) < 4.78 is 50.4. The van der Waals surface area contributed by atoms with Gasteiger partial charge in [-0.05, 0) is 18.4 Å². The van der Waals surface area contributed by atoms with Gasteiger partial charge in [0.2, 0.25) is 11.8 Å². The van der Waals surface area contributed by atoms with Crippen molar-refractivity contribution in [3.05, 3.63) is 29.4 Å². The molecular weight excluding hydrogens is 294 g/mol. The van der Waals surface area contributed by atoms with Gasteiger partial charge in [-0.2, -0.15) is 17.6 Å². The molecule has 1 N–H and O–H groups in total. The van der Waals surface area contributed by atoms with E-state index in [1.54, 1.807) is 4.90 Å². The summed E-state index contributed by atoms with van der Waals surface area (Å²) in [4.78, 5) is 19.4. The van der Waals surface area contributed by atoms with E-state index in [0.717, 1.165) is 0 Å². The molecule has 0 saturated carbocycles. The maximum absolute atomic E-state index is 13.2. The molecule has 1 aromatic heterocycles. The molecule has 0 spiro atoms. The number of carbonyl (C=O) groups is 1. The van der Waals surface area contributed by atoms with Crippen LogP contribution in [0.15, 0.2) is 23.8 Å². The highest BCUT2D eigenvalue weighted by Crippen LogP contribution is 2.29. The van der Waals surface area contributed by atoms with Crippen LogP contribution in [0.2, 0.25) is 0 Å². The van der Waals surface area contributed by atoms with Gasteiger partial charge in [-0.1, -0.05) is 0 Å². The van der Waals surface area contributed by atoms with Gasteiger partial charge in [0.1, 0.15) is 0 Å². The smallest absolute Gasteiger partial charge is 0.419 e. The van der Waals surface area contributed by atoms with Gasteiger partial charge < -0.3 is 10.0 Å². The summed E-state index contributed by atoms with van der Waals surface area (Å²) in [5, 5.41) is 8.55. The van der Waals surface area contributed by atoms with Gasteiger partial charge in [0, 0.05) is 25.5 Å². The molecule has 1 fully saturated rings. The minimum Gasteiger partial charge on any atom is -0.476 e. The predicted octanol–water partition coefficient (Wildman–Crippen LogP) is 2.40. The quantitative estimate of drug-likeness (QED) is 0.671. The Morgan fingerprint density at radius 3 is 2.14 bits per heavy atom. The average molecular weight is 305 g/mol. The summed E-state index contributed by atoms with van der Waals surface area (Å²) in [6, 6.07) is 0.